The van der Waals surface area contributed by atoms with E-state index >= 15 is 0 Å². The molecular weight excluding hydrogens is 740 g/mol. The van der Waals surface area contributed by atoms with E-state index in [0.29, 0.717) is 22.9 Å². The van der Waals surface area contributed by atoms with Gasteiger partial charge in [0.15, 0.2) is 11.3 Å². The first-order valence-electron chi connectivity index (χ1n) is 18.6. The van der Waals surface area contributed by atoms with Gasteiger partial charge in [-0.1, -0.05) is 25.4 Å². The van der Waals surface area contributed by atoms with E-state index in [-0.39, 0.29) is 0 Å². The van der Waals surface area contributed by atoms with Gasteiger partial charge in [0.05, 0.1) is 48.1 Å². The molecule has 6 heterocycles. The highest BCUT2D eigenvalue weighted by atomic mass is 35.5. The fraction of sp³-hybridized carbons (Fsp3) is 0.286. The molecule has 0 bridgehead atoms. The number of halogens is 1. The van der Waals surface area contributed by atoms with Crippen LogP contribution >= 0.6 is 11.6 Å². The highest BCUT2D eigenvalue weighted by molar-refractivity contribution is 6.29. The van der Waals surface area contributed by atoms with Crippen LogP contribution in [0.3, 0.4) is 0 Å². The van der Waals surface area contributed by atoms with Gasteiger partial charge in [0.2, 0.25) is 0 Å². The van der Waals surface area contributed by atoms with Gasteiger partial charge in [0.25, 0.3) is 0 Å². The molecule has 0 aliphatic rings. The summed E-state index contributed by atoms with van der Waals surface area (Å²) in [6, 6.07) is 20.2. The molecule has 15 heteroatoms. The number of aryl methyl sites for hydroxylation is 4. The maximum Gasteiger partial charge on any atom is 0.165 e. The number of aromatic nitrogens is 10. The molecule has 57 heavy (non-hydrogen) atoms. The highest BCUT2D eigenvalue weighted by Crippen LogP contribution is 2.38. The van der Waals surface area contributed by atoms with Gasteiger partial charge in [-0.05, 0) is 90.0 Å². The van der Waals surface area contributed by atoms with E-state index in [1.165, 1.54) is 0 Å². The first-order valence-corrected chi connectivity index (χ1v) is 19.0. The molecule has 14 nitrogen and oxygen atoms in total. The number of hydrogen-bond donors (Lipinski definition) is 2. The van der Waals surface area contributed by atoms with Crippen molar-refractivity contribution in [1.82, 2.24) is 48.8 Å². The maximum atomic E-state index is 6.32. The van der Waals surface area contributed by atoms with Crippen LogP contribution in [0.5, 0.6) is 11.5 Å². The van der Waals surface area contributed by atoms with Crippen molar-refractivity contribution >= 4 is 28.7 Å². The number of nitrogens with two attached hydrogens (primary N) is 1. The number of hydrogen-bond acceptors (Lipinski definition) is 10. The van der Waals surface area contributed by atoms with Crippen molar-refractivity contribution in [1.29, 1.82) is 0 Å². The van der Waals surface area contributed by atoms with E-state index in [1.807, 2.05) is 118 Å². The Morgan fingerprint density at radius 1 is 0.667 bits per heavy atom. The van der Waals surface area contributed by atoms with E-state index in [0.717, 1.165) is 79.4 Å². The molecule has 0 amide bonds. The Kier molecular flexibility index (Phi) is 12.2. The van der Waals surface area contributed by atoms with Gasteiger partial charge in [-0.25, -0.2) is 23.8 Å². The highest BCUT2D eigenvalue weighted by Gasteiger charge is 2.21. The molecule has 0 spiro atoms. The van der Waals surface area contributed by atoms with E-state index in [2.05, 4.69) is 39.4 Å². The van der Waals surface area contributed by atoms with Crippen LogP contribution in [0.1, 0.15) is 50.5 Å². The summed E-state index contributed by atoms with van der Waals surface area (Å²) in [6.07, 6.45) is 7.29. The molecule has 0 saturated heterocycles. The molecule has 8 rings (SSSR count). The summed E-state index contributed by atoms with van der Waals surface area (Å²) in [5, 5.41) is 21.8. The lowest BCUT2D eigenvalue weighted by molar-refractivity contribution is 0.416. The van der Waals surface area contributed by atoms with Gasteiger partial charge in [0.1, 0.15) is 22.5 Å². The Labute approximate surface area is 337 Å². The van der Waals surface area contributed by atoms with Gasteiger partial charge in [-0.3, -0.25) is 0 Å². The van der Waals surface area contributed by atoms with Crippen molar-refractivity contribution in [3.8, 4) is 45.1 Å². The average molecular weight is 789 g/mol. The number of ether oxygens (including phenoxy) is 2. The van der Waals surface area contributed by atoms with Crippen LogP contribution in [-0.4, -0.2) is 75.1 Å². The van der Waals surface area contributed by atoms with Crippen LogP contribution in [0.4, 0.5) is 5.82 Å². The quantitative estimate of drug-likeness (QED) is 0.144. The van der Waals surface area contributed by atoms with E-state index in [1.54, 1.807) is 41.9 Å². The van der Waals surface area contributed by atoms with Gasteiger partial charge in [-0.15, -0.1) is 0 Å². The standard InChI is InChI=1S/C21H24N6O.C18H16ClN5O.C3H9N/c1-13(2)23-19-11-14(3)24-21-20(15(4)25-27(19)21)17-8-7-16(12-18(17)28-5)26-10-6-9-22-26;1-11-9-16(19)24-18(21-11)17(12(2)22-24)14-6-5-13(10-15(14)25-3)23-8-4-7-20-23;1-3(2)4/h6-13,23H,1-5H3;4-10H,1-3H3;3H,4H2,1-2H3. The number of benzene rings is 2. The minimum absolute atomic E-state index is 0.292. The van der Waals surface area contributed by atoms with Crippen molar-refractivity contribution in [2.45, 2.75) is 67.5 Å². The lowest BCUT2D eigenvalue weighted by atomic mass is 10.0. The zero-order valence-corrected chi connectivity index (χ0v) is 34.7. The second kappa shape index (κ2) is 17.3. The molecule has 0 atom stereocenters. The molecule has 6 aromatic heterocycles. The third-order valence-corrected chi connectivity index (χ3v) is 8.89. The third-order valence-electron chi connectivity index (χ3n) is 8.62. The second-order valence-corrected chi connectivity index (χ2v) is 14.5. The lowest BCUT2D eigenvalue weighted by Crippen LogP contribution is -2.14. The fourth-order valence-corrected chi connectivity index (χ4v) is 6.65. The molecule has 0 unspecified atom stereocenters. The number of rotatable bonds is 8. The Balaban J connectivity index is 0.000000177. The maximum absolute atomic E-state index is 6.32. The topological polar surface area (TPSA) is 153 Å². The predicted molar refractivity (Wildman–Crippen MR) is 226 cm³/mol. The number of fused-ring (bicyclic) bond motifs is 2. The van der Waals surface area contributed by atoms with Gasteiger partial charge >= 0.3 is 0 Å². The molecule has 0 radical (unpaired) electrons. The van der Waals surface area contributed by atoms with Crippen molar-refractivity contribution in [3.63, 3.8) is 0 Å². The predicted octanol–water partition coefficient (Wildman–Crippen LogP) is 8.24. The monoisotopic (exact) mass is 788 g/mol. The zero-order valence-electron chi connectivity index (χ0n) is 34.0. The van der Waals surface area contributed by atoms with Crippen LogP contribution in [-0.2, 0) is 0 Å². The Bertz CT molecular complexity index is 2610. The van der Waals surface area contributed by atoms with Crippen LogP contribution < -0.4 is 20.5 Å². The summed E-state index contributed by atoms with van der Waals surface area (Å²) in [7, 11) is 3.33. The first kappa shape index (κ1) is 40.4. The van der Waals surface area contributed by atoms with Gasteiger partial charge in [-0.2, -0.15) is 24.9 Å². The molecule has 0 saturated carbocycles. The van der Waals surface area contributed by atoms with Crippen LogP contribution in [0.25, 0.3) is 44.9 Å². The summed E-state index contributed by atoms with van der Waals surface area (Å²) in [5.74, 6) is 2.41. The number of nitrogens with zero attached hydrogens (tertiary/aromatic N) is 10. The molecule has 296 valence electrons. The number of anilines is 1. The minimum atomic E-state index is 0.292. The SMILES string of the molecule is CC(C)N.COc1cc(-n2cccn2)ccc1-c1c(C)nn2c(Cl)cc(C)nc12.COc1cc(-n2cccn2)ccc1-c1c(C)nn2c(NC(C)C)cc(C)nc12. The summed E-state index contributed by atoms with van der Waals surface area (Å²) in [6.45, 7) is 16.0. The normalized spacial score (nSPS) is 11.1. The minimum Gasteiger partial charge on any atom is -0.496 e. The average Bonchev–Trinajstić information content (AvgIpc) is 3.99. The number of methoxy groups -OCH3 is 2. The molecule has 2 aromatic carbocycles. The Morgan fingerprint density at radius 2 is 1.12 bits per heavy atom. The van der Waals surface area contributed by atoms with Crippen LogP contribution in [0.2, 0.25) is 5.15 Å². The largest absolute Gasteiger partial charge is 0.496 e. The fourth-order valence-electron chi connectivity index (χ4n) is 6.37. The third kappa shape index (κ3) is 8.77. The summed E-state index contributed by atoms with van der Waals surface area (Å²) >= 11 is 6.32. The summed E-state index contributed by atoms with van der Waals surface area (Å²) in [4.78, 5) is 9.40. The van der Waals surface area contributed by atoms with Crippen LogP contribution in [0.15, 0.2) is 85.5 Å². The zero-order chi connectivity index (χ0) is 41.0. The van der Waals surface area contributed by atoms with Gasteiger partial charge in [0, 0.05) is 71.5 Å². The molecule has 0 aliphatic heterocycles. The molecule has 8 aromatic rings. The smallest absolute Gasteiger partial charge is 0.165 e. The molecule has 3 N–H and O–H groups in total. The first-order chi connectivity index (χ1) is 27.3. The Hall–Kier alpha value is -6.25. The van der Waals surface area contributed by atoms with E-state index < -0.39 is 0 Å². The second-order valence-electron chi connectivity index (χ2n) is 14.1. The molecule has 0 fully saturated rings. The molecule has 0 aliphatic carbocycles. The lowest BCUT2D eigenvalue weighted by Gasteiger charge is -2.13. The summed E-state index contributed by atoms with van der Waals surface area (Å²) in [5.41, 5.74) is 15.8. The summed E-state index contributed by atoms with van der Waals surface area (Å²) < 4.78 is 18.5. The van der Waals surface area contributed by atoms with Crippen LogP contribution in [0, 0.1) is 27.7 Å². The van der Waals surface area contributed by atoms with Crippen molar-refractivity contribution in [2.75, 3.05) is 19.5 Å². The Morgan fingerprint density at radius 3 is 1.56 bits per heavy atom. The number of nitrogens with one attached hydrogen (secondary N) is 1. The van der Waals surface area contributed by atoms with E-state index in [4.69, 9.17) is 36.9 Å². The van der Waals surface area contributed by atoms with Gasteiger partial charge < -0.3 is 20.5 Å². The van der Waals surface area contributed by atoms with Crippen molar-refractivity contribution < 1.29 is 9.47 Å². The molecular formula is C42H49ClN12O2. The van der Waals surface area contributed by atoms with Crippen molar-refractivity contribution in [2.24, 2.45) is 5.73 Å². The van der Waals surface area contributed by atoms with Crippen molar-refractivity contribution in [3.05, 3.63) is 113 Å². The van der Waals surface area contributed by atoms with E-state index in [9.17, 15) is 0 Å².